The molecule has 0 unspecified atom stereocenters. The Morgan fingerprint density at radius 2 is 1.38 bits per heavy atom. The van der Waals surface area contributed by atoms with E-state index in [4.69, 9.17) is 14.2 Å². The number of hydrogen-bond donors (Lipinski definition) is 1. The van der Waals surface area contributed by atoms with Crippen LogP contribution in [-0.4, -0.2) is 77.1 Å². The van der Waals surface area contributed by atoms with Gasteiger partial charge in [-0.05, 0) is 103 Å². The highest BCUT2D eigenvalue weighted by Crippen LogP contribution is 2.67. The lowest BCUT2D eigenvalue weighted by Gasteiger charge is -2.46. The average molecular weight is 760 g/mol. The Labute approximate surface area is 318 Å². The van der Waals surface area contributed by atoms with E-state index < -0.39 is 62.4 Å². The van der Waals surface area contributed by atoms with Crippen molar-refractivity contribution >= 4 is 28.2 Å². The molecule has 1 aromatic carbocycles. The molecule has 0 spiro atoms. The highest BCUT2D eigenvalue weighted by atomic mass is 32.2. The van der Waals surface area contributed by atoms with Gasteiger partial charge in [-0.2, -0.15) is 4.31 Å². The standard InChI is InChI=1S/C41H65N3O8S/c1-38(2,3)51-36(46)42-43(37(47)52-39(4,5)6)33(26-29-18-12-9-13-19-29)35(45)50-34-27-30-24-25-41(34,40(30,7)8)28-53(48,49)44(31-20-14-10-15-21-31)32-22-16-11-17-23-32/h9,12-13,18-19,30-34H,10-11,14-17,20-28H2,1-8H3,(H,42,46)/t30-,33+,34-,41-/m1/s1. The van der Waals surface area contributed by atoms with Crippen LogP contribution in [0.1, 0.15) is 144 Å². The lowest BCUT2D eigenvalue weighted by Crippen LogP contribution is -2.59. The number of nitrogens with one attached hydrogen (secondary N) is 1. The average Bonchev–Trinajstić information content (AvgIpc) is 3.41. The summed E-state index contributed by atoms with van der Waals surface area (Å²) in [5.74, 6) is -0.649. The largest absolute Gasteiger partial charge is 0.460 e. The number of sulfonamides is 1. The van der Waals surface area contributed by atoms with E-state index in [0.717, 1.165) is 81.2 Å². The van der Waals surface area contributed by atoms with Crippen molar-refractivity contribution in [1.29, 1.82) is 0 Å². The third-order valence-corrected chi connectivity index (χ3v) is 14.4. The Kier molecular flexibility index (Phi) is 12.5. The number of rotatable bonds is 10. The van der Waals surface area contributed by atoms with Gasteiger partial charge in [-0.3, -0.25) is 0 Å². The highest BCUT2D eigenvalue weighted by molar-refractivity contribution is 7.89. The number of benzene rings is 1. The van der Waals surface area contributed by atoms with Crippen LogP contribution in [0, 0.1) is 16.7 Å². The first kappa shape index (κ1) is 41.3. The SMILES string of the molecule is CC(C)(C)OC(=O)NN(C(=O)OC(C)(C)C)[C@@H](Cc1ccccc1)C(=O)O[C@@H]1C[C@H]2CC[C@]1(CS(=O)(=O)N(C1CCCCC1)C1CCCCC1)C2(C)C. The molecule has 2 amide bonds. The summed E-state index contributed by atoms with van der Waals surface area (Å²) in [7, 11) is -3.76. The minimum atomic E-state index is -3.76. The van der Waals surface area contributed by atoms with Crippen molar-refractivity contribution in [3.8, 4) is 0 Å². The number of carbonyl (C=O) groups is 3. The highest BCUT2D eigenvalue weighted by Gasteiger charge is 2.67. The molecule has 0 heterocycles. The van der Waals surface area contributed by atoms with Gasteiger partial charge in [-0.15, -0.1) is 0 Å². The number of hydrazine groups is 1. The number of fused-ring (bicyclic) bond motifs is 2. The van der Waals surface area contributed by atoms with Gasteiger partial charge in [0.1, 0.15) is 17.3 Å². The van der Waals surface area contributed by atoms with Crippen molar-refractivity contribution in [2.24, 2.45) is 16.7 Å². The van der Waals surface area contributed by atoms with Crippen LogP contribution >= 0.6 is 0 Å². The Morgan fingerprint density at radius 1 is 0.830 bits per heavy atom. The molecule has 4 fully saturated rings. The fourth-order valence-corrected chi connectivity index (χ4v) is 12.5. The van der Waals surface area contributed by atoms with E-state index in [-0.39, 0.29) is 30.2 Å². The van der Waals surface area contributed by atoms with Crippen LogP contribution in [0.25, 0.3) is 0 Å². The molecule has 0 radical (unpaired) electrons. The van der Waals surface area contributed by atoms with Crippen LogP contribution in [-0.2, 0) is 35.4 Å². The summed E-state index contributed by atoms with van der Waals surface area (Å²) in [6, 6.07) is 7.87. The molecule has 5 rings (SSSR count). The lowest BCUT2D eigenvalue weighted by molar-refractivity contribution is -0.164. The third-order valence-electron chi connectivity index (χ3n) is 12.3. The van der Waals surface area contributed by atoms with Crippen LogP contribution in [0.2, 0.25) is 0 Å². The summed E-state index contributed by atoms with van der Waals surface area (Å²) in [5.41, 5.74) is 0.179. The van der Waals surface area contributed by atoms with Crippen molar-refractivity contribution in [1.82, 2.24) is 14.7 Å². The molecule has 1 aromatic rings. The fraction of sp³-hybridized carbons (Fsp3) is 0.780. The maximum Gasteiger partial charge on any atom is 0.430 e. The molecule has 12 heteroatoms. The molecule has 4 atom stereocenters. The zero-order chi connectivity index (χ0) is 38.8. The van der Waals surface area contributed by atoms with Gasteiger partial charge in [-0.25, -0.2) is 33.2 Å². The first-order chi connectivity index (χ1) is 24.7. The summed E-state index contributed by atoms with van der Waals surface area (Å²) in [5, 5.41) is 0.879. The number of ether oxygens (including phenoxy) is 3. The van der Waals surface area contributed by atoms with Crippen LogP contribution < -0.4 is 5.43 Å². The second kappa shape index (κ2) is 16.1. The topological polar surface area (TPSA) is 132 Å². The first-order valence-electron chi connectivity index (χ1n) is 20.0. The van der Waals surface area contributed by atoms with Crippen molar-refractivity contribution in [2.45, 2.75) is 181 Å². The van der Waals surface area contributed by atoms with Crippen LogP contribution in [0.15, 0.2) is 30.3 Å². The van der Waals surface area contributed by atoms with E-state index in [1.165, 1.54) is 0 Å². The van der Waals surface area contributed by atoms with Crippen molar-refractivity contribution < 1.29 is 37.0 Å². The second-order valence-electron chi connectivity index (χ2n) is 18.6. The summed E-state index contributed by atoms with van der Waals surface area (Å²) in [6.07, 6.45) is 9.45. The Morgan fingerprint density at radius 3 is 1.89 bits per heavy atom. The van der Waals surface area contributed by atoms with Gasteiger partial charge < -0.3 is 14.2 Å². The van der Waals surface area contributed by atoms with Gasteiger partial charge in [0.2, 0.25) is 10.0 Å². The number of esters is 1. The molecule has 0 saturated heterocycles. The van der Waals surface area contributed by atoms with E-state index in [2.05, 4.69) is 19.3 Å². The monoisotopic (exact) mass is 759 g/mol. The minimum Gasteiger partial charge on any atom is -0.460 e. The normalized spacial score (nSPS) is 25.8. The third kappa shape index (κ3) is 9.69. The molecular formula is C41H65N3O8S. The number of hydrogen-bond acceptors (Lipinski definition) is 8. The van der Waals surface area contributed by atoms with Gasteiger partial charge in [0.25, 0.3) is 0 Å². The minimum absolute atomic E-state index is 0.00698. The maximum absolute atomic E-state index is 15.0. The van der Waals surface area contributed by atoms with Crippen LogP contribution in [0.4, 0.5) is 9.59 Å². The van der Waals surface area contributed by atoms with E-state index in [1.54, 1.807) is 41.5 Å². The van der Waals surface area contributed by atoms with Gasteiger partial charge in [0.15, 0.2) is 6.04 Å². The summed E-state index contributed by atoms with van der Waals surface area (Å²) in [6.45, 7) is 14.5. The van der Waals surface area contributed by atoms with Crippen LogP contribution in [0.3, 0.4) is 0 Å². The quantitative estimate of drug-likeness (QED) is 0.143. The smallest absolute Gasteiger partial charge is 0.430 e. The van der Waals surface area contributed by atoms with E-state index in [9.17, 15) is 22.8 Å². The maximum atomic E-state index is 15.0. The van der Waals surface area contributed by atoms with E-state index in [1.807, 2.05) is 34.6 Å². The molecule has 0 aromatic heterocycles. The molecule has 4 aliphatic rings. The number of carbonyl (C=O) groups excluding carboxylic acids is 3. The zero-order valence-electron chi connectivity index (χ0n) is 33.4. The molecule has 53 heavy (non-hydrogen) atoms. The van der Waals surface area contributed by atoms with Crippen molar-refractivity contribution in [3.05, 3.63) is 35.9 Å². The zero-order valence-corrected chi connectivity index (χ0v) is 34.3. The molecule has 4 saturated carbocycles. The molecule has 1 N–H and O–H groups in total. The van der Waals surface area contributed by atoms with Gasteiger partial charge >= 0.3 is 18.2 Å². The molecule has 2 bridgehead atoms. The van der Waals surface area contributed by atoms with Gasteiger partial charge in [0.05, 0.1) is 5.75 Å². The second-order valence-corrected chi connectivity index (χ2v) is 20.5. The number of amides is 2. The summed E-state index contributed by atoms with van der Waals surface area (Å²) in [4.78, 5) is 41.7. The van der Waals surface area contributed by atoms with E-state index >= 15 is 0 Å². The number of nitrogens with zero attached hydrogens (tertiary/aromatic N) is 2. The molecule has 11 nitrogen and oxygen atoms in total. The lowest BCUT2D eigenvalue weighted by atomic mass is 9.69. The van der Waals surface area contributed by atoms with Gasteiger partial charge in [0, 0.05) is 23.9 Å². The predicted molar refractivity (Wildman–Crippen MR) is 204 cm³/mol. The Hall–Kier alpha value is -2.86. The Bertz CT molecular complexity index is 1520. The molecular weight excluding hydrogens is 695 g/mol. The molecule has 298 valence electrons. The summed E-state index contributed by atoms with van der Waals surface area (Å²) >= 11 is 0. The first-order valence-corrected chi connectivity index (χ1v) is 21.6. The predicted octanol–water partition coefficient (Wildman–Crippen LogP) is 8.31. The van der Waals surface area contributed by atoms with E-state index in [0.29, 0.717) is 12.8 Å². The summed E-state index contributed by atoms with van der Waals surface area (Å²) < 4.78 is 49.6. The Balaban J connectivity index is 1.49. The molecule has 4 aliphatic carbocycles. The van der Waals surface area contributed by atoms with Crippen molar-refractivity contribution in [3.63, 3.8) is 0 Å². The van der Waals surface area contributed by atoms with Crippen molar-refractivity contribution in [2.75, 3.05) is 5.75 Å². The fourth-order valence-electron chi connectivity index (χ4n) is 9.63. The van der Waals surface area contributed by atoms with Crippen LogP contribution in [0.5, 0.6) is 0 Å². The van der Waals surface area contributed by atoms with Gasteiger partial charge in [-0.1, -0.05) is 82.7 Å². The molecule has 0 aliphatic heterocycles.